The van der Waals surface area contributed by atoms with E-state index in [1.54, 1.807) is 0 Å². The summed E-state index contributed by atoms with van der Waals surface area (Å²) in [5.41, 5.74) is 0. The monoisotopic (exact) mass is 170 g/mol. The molecule has 0 aromatic carbocycles. The summed E-state index contributed by atoms with van der Waals surface area (Å²) in [7, 11) is 0. The largest absolute Gasteiger partial charge is 0.300 e. The Morgan fingerprint density at radius 3 is 1.42 bits per heavy atom. The first-order chi connectivity index (χ1) is 5.43. The summed E-state index contributed by atoms with van der Waals surface area (Å²) in [6.45, 7) is 4.27. The van der Waals surface area contributed by atoms with E-state index in [2.05, 4.69) is 0 Å². The summed E-state index contributed by atoms with van der Waals surface area (Å²) in [5, 5.41) is 0. The third-order valence-electron chi connectivity index (χ3n) is 1.64. The second-order valence-corrected chi connectivity index (χ2v) is 3.12. The van der Waals surface area contributed by atoms with Crippen LogP contribution in [-0.2, 0) is 14.4 Å². The van der Waals surface area contributed by atoms with Crippen LogP contribution in [0.25, 0.3) is 0 Å². The molecule has 0 aliphatic carbocycles. The zero-order valence-corrected chi connectivity index (χ0v) is 7.72. The second-order valence-electron chi connectivity index (χ2n) is 3.12. The molecular weight excluding hydrogens is 156 g/mol. The standard InChI is InChI=1S/C9H14O3/c1-6(10)4-9(8(3)12)5-7(2)11/h9H,4-5H2,1-3H3. The molecule has 3 nitrogen and oxygen atoms in total. The Morgan fingerprint density at radius 1 is 0.917 bits per heavy atom. The van der Waals surface area contributed by atoms with Gasteiger partial charge in [-0.2, -0.15) is 0 Å². The van der Waals surface area contributed by atoms with Gasteiger partial charge in [0.15, 0.2) is 0 Å². The van der Waals surface area contributed by atoms with Gasteiger partial charge in [0.25, 0.3) is 0 Å². The predicted molar refractivity (Wildman–Crippen MR) is 44.8 cm³/mol. The smallest absolute Gasteiger partial charge is 0.133 e. The van der Waals surface area contributed by atoms with Gasteiger partial charge in [0, 0.05) is 18.8 Å². The summed E-state index contributed by atoms with van der Waals surface area (Å²) < 4.78 is 0. The maximum atomic E-state index is 10.9. The van der Waals surface area contributed by atoms with Crippen molar-refractivity contribution in [2.45, 2.75) is 33.6 Å². The molecule has 3 heteroatoms. The number of ketones is 3. The molecule has 0 N–H and O–H groups in total. The molecular formula is C9H14O3. The van der Waals surface area contributed by atoms with Crippen LogP contribution in [0.2, 0.25) is 0 Å². The lowest BCUT2D eigenvalue weighted by Gasteiger charge is -2.08. The van der Waals surface area contributed by atoms with Gasteiger partial charge in [0.2, 0.25) is 0 Å². The number of carbonyl (C=O) groups is 3. The predicted octanol–water partition coefficient (Wildman–Crippen LogP) is 1.15. The third-order valence-corrected chi connectivity index (χ3v) is 1.64. The van der Waals surface area contributed by atoms with Crippen molar-refractivity contribution in [1.82, 2.24) is 0 Å². The van der Waals surface area contributed by atoms with Crippen LogP contribution in [0.15, 0.2) is 0 Å². The molecule has 0 saturated heterocycles. The van der Waals surface area contributed by atoms with Crippen LogP contribution < -0.4 is 0 Å². The second kappa shape index (κ2) is 4.80. The van der Waals surface area contributed by atoms with Crippen molar-refractivity contribution in [2.24, 2.45) is 5.92 Å². The normalized spacial score (nSPS) is 10.0. The molecule has 68 valence electrons. The number of hydrogen-bond donors (Lipinski definition) is 0. The van der Waals surface area contributed by atoms with Crippen molar-refractivity contribution >= 4 is 17.3 Å². The lowest BCUT2D eigenvalue weighted by molar-refractivity contribution is -0.128. The Kier molecular flexibility index (Phi) is 4.40. The van der Waals surface area contributed by atoms with Crippen LogP contribution in [-0.4, -0.2) is 17.3 Å². The minimum absolute atomic E-state index is 0.0450. The zero-order valence-electron chi connectivity index (χ0n) is 7.72. The van der Waals surface area contributed by atoms with Crippen molar-refractivity contribution in [3.63, 3.8) is 0 Å². The molecule has 0 heterocycles. The maximum absolute atomic E-state index is 10.9. The minimum Gasteiger partial charge on any atom is -0.300 e. The topological polar surface area (TPSA) is 51.2 Å². The van der Waals surface area contributed by atoms with Gasteiger partial charge >= 0.3 is 0 Å². The van der Waals surface area contributed by atoms with E-state index in [1.807, 2.05) is 0 Å². The first kappa shape index (κ1) is 11.0. The number of carbonyl (C=O) groups excluding carboxylic acids is 3. The molecule has 0 unspecified atom stereocenters. The number of Topliss-reactive ketones (excluding diaryl/α,β-unsaturated/α-hetero) is 3. The zero-order chi connectivity index (χ0) is 9.72. The van der Waals surface area contributed by atoms with Gasteiger partial charge in [-0.3, -0.25) is 4.79 Å². The fraction of sp³-hybridized carbons (Fsp3) is 0.667. The molecule has 0 saturated carbocycles. The molecule has 0 atom stereocenters. The summed E-state index contributed by atoms with van der Waals surface area (Å²) >= 11 is 0. The van der Waals surface area contributed by atoms with Gasteiger partial charge in [0.05, 0.1) is 0 Å². The lowest BCUT2D eigenvalue weighted by atomic mass is 9.94. The maximum Gasteiger partial charge on any atom is 0.133 e. The van der Waals surface area contributed by atoms with Gasteiger partial charge in [-0.25, -0.2) is 0 Å². The highest BCUT2D eigenvalue weighted by Gasteiger charge is 2.17. The molecule has 0 aromatic heterocycles. The highest BCUT2D eigenvalue weighted by atomic mass is 16.1. The summed E-state index contributed by atoms with van der Waals surface area (Å²) in [6.07, 6.45) is 0.379. The van der Waals surface area contributed by atoms with E-state index < -0.39 is 5.92 Å². The van der Waals surface area contributed by atoms with Gasteiger partial charge in [-0.05, 0) is 20.8 Å². The van der Waals surface area contributed by atoms with Gasteiger partial charge < -0.3 is 9.59 Å². The SMILES string of the molecule is CC(=O)CC(CC(C)=O)C(C)=O. The van der Waals surface area contributed by atoms with Gasteiger partial charge in [-0.1, -0.05) is 0 Å². The molecule has 0 spiro atoms. The van der Waals surface area contributed by atoms with E-state index in [9.17, 15) is 14.4 Å². The van der Waals surface area contributed by atoms with Crippen molar-refractivity contribution < 1.29 is 14.4 Å². The van der Waals surface area contributed by atoms with Crippen molar-refractivity contribution in [3.05, 3.63) is 0 Å². The van der Waals surface area contributed by atoms with Crippen LogP contribution in [0.5, 0.6) is 0 Å². The van der Waals surface area contributed by atoms with Gasteiger partial charge in [-0.15, -0.1) is 0 Å². The highest BCUT2D eigenvalue weighted by molar-refractivity contribution is 5.89. The summed E-state index contributed by atoms with van der Waals surface area (Å²) in [5.74, 6) is -0.576. The van der Waals surface area contributed by atoms with Crippen LogP contribution in [0.1, 0.15) is 33.6 Å². The molecule has 0 aromatic rings. The van der Waals surface area contributed by atoms with E-state index in [4.69, 9.17) is 0 Å². The number of rotatable bonds is 5. The third kappa shape index (κ3) is 4.77. The fourth-order valence-corrected chi connectivity index (χ4v) is 1.05. The molecule has 0 amide bonds. The molecule has 0 radical (unpaired) electrons. The molecule has 0 rings (SSSR count). The van der Waals surface area contributed by atoms with E-state index in [0.717, 1.165) is 0 Å². The fourth-order valence-electron chi connectivity index (χ4n) is 1.05. The van der Waals surface area contributed by atoms with Crippen LogP contribution >= 0.6 is 0 Å². The Hall–Kier alpha value is -0.990. The van der Waals surface area contributed by atoms with Crippen molar-refractivity contribution in [1.29, 1.82) is 0 Å². The van der Waals surface area contributed by atoms with Crippen molar-refractivity contribution in [2.75, 3.05) is 0 Å². The Morgan fingerprint density at radius 2 is 1.25 bits per heavy atom. The van der Waals surface area contributed by atoms with E-state index in [0.29, 0.717) is 0 Å². The molecule has 0 fully saturated rings. The molecule has 0 aliphatic rings. The summed E-state index contributed by atoms with van der Waals surface area (Å²) in [4.78, 5) is 32.3. The molecule has 12 heavy (non-hydrogen) atoms. The summed E-state index contributed by atoms with van der Waals surface area (Å²) in [6, 6.07) is 0. The average Bonchev–Trinajstić information content (AvgIpc) is 1.83. The number of hydrogen-bond acceptors (Lipinski definition) is 3. The van der Waals surface area contributed by atoms with E-state index in [1.165, 1.54) is 20.8 Å². The molecule has 0 aliphatic heterocycles. The lowest BCUT2D eigenvalue weighted by Crippen LogP contribution is -2.17. The Labute approximate surface area is 72.1 Å². The molecule has 0 bridgehead atoms. The quantitative estimate of drug-likeness (QED) is 0.622. The van der Waals surface area contributed by atoms with E-state index in [-0.39, 0.29) is 30.2 Å². The average molecular weight is 170 g/mol. The van der Waals surface area contributed by atoms with Crippen LogP contribution in [0.3, 0.4) is 0 Å². The van der Waals surface area contributed by atoms with Crippen molar-refractivity contribution in [3.8, 4) is 0 Å². The minimum atomic E-state index is -0.403. The van der Waals surface area contributed by atoms with Gasteiger partial charge in [0.1, 0.15) is 17.3 Å². The van der Waals surface area contributed by atoms with E-state index >= 15 is 0 Å². The first-order valence-corrected chi connectivity index (χ1v) is 3.92. The Balaban J connectivity index is 4.14. The Bertz CT molecular complexity index is 190. The first-order valence-electron chi connectivity index (χ1n) is 3.92. The van der Waals surface area contributed by atoms with Crippen LogP contribution in [0, 0.1) is 5.92 Å². The van der Waals surface area contributed by atoms with Crippen LogP contribution in [0.4, 0.5) is 0 Å². The highest BCUT2D eigenvalue weighted by Crippen LogP contribution is 2.10.